The first-order valence-electron chi connectivity index (χ1n) is 6.39. The number of aromatic nitrogens is 2. The molecule has 0 saturated heterocycles. The van der Waals surface area contributed by atoms with Gasteiger partial charge >= 0.3 is 0 Å². The number of carbonyl (C=O) groups excluding carboxylic acids is 1. The van der Waals surface area contributed by atoms with Gasteiger partial charge in [0.2, 0.25) is 0 Å². The highest BCUT2D eigenvalue weighted by Crippen LogP contribution is 2.25. The van der Waals surface area contributed by atoms with Gasteiger partial charge in [-0.05, 0) is 51.0 Å². The minimum Gasteiger partial charge on any atom is -0.322 e. The summed E-state index contributed by atoms with van der Waals surface area (Å²) in [5.41, 5.74) is 5.25. The van der Waals surface area contributed by atoms with E-state index in [9.17, 15) is 4.79 Å². The molecule has 2 aromatic rings. The van der Waals surface area contributed by atoms with E-state index in [0.717, 1.165) is 32.7 Å². The Morgan fingerprint density at radius 3 is 2.20 bits per heavy atom. The second kappa shape index (κ2) is 5.40. The Bertz CT molecular complexity index is 666. The van der Waals surface area contributed by atoms with Crippen LogP contribution in [0.25, 0.3) is 0 Å². The van der Waals surface area contributed by atoms with Crippen molar-refractivity contribution in [1.82, 2.24) is 9.78 Å². The van der Waals surface area contributed by atoms with Crippen molar-refractivity contribution in [3.05, 3.63) is 44.7 Å². The number of nitrogens with one attached hydrogen (secondary N) is 1. The molecule has 106 valence electrons. The lowest BCUT2D eigenvalue weighted by Gasteiger charge is -2.10. The molecule has 0 fully saturated rings. The molecule has 1 heterocycles. The predicted octanol–water partition coefficient (Wildman–Crippen LogP) is 3.67. The van der Waals surface area contributed by atoms with E-state index >= 15 is 0 Å². The second-order valence-corrected chi connectivity index (χ2v) is 5.84. The third kappa shape index (κ3) is 2.63. The summed E-state index contributed by atoms with van der Waals surface area (Å²) in [5, 5.41) is 7.22. The standard InChI is InChI=1S/C15H18BrN3O/c1-8-6-12(7-9(2)14(8)16)17-15(20)13-10(3)18-19(5)11(13)4/h6-7H,1-5H3,(H,17,20). The molecule has 0 radical (unpaired) electrons. The summed E-state index contributed by atoms with van der Waals surface area (Å²) in [6, 6.07) is 3.91. The van der Waals surface area contributed by atoms with Gasteiger partial charge in [0.1, 0.15) is 0 Å². The average Bonchev–Trinajstić information content (AvgIpc) is 2.60. The number of nitrogens with zero attached hydrogens (tertiary/aromatic N) is 2. The molecule has 1 aromatic carbocycles. The fourth-order valence-corrected chi connectivity index (χ4v) is 2.54. The van der Waals surface area contributed by atoms with E-state index in [1.807, 2.05) is 46.9 Å². The van der Waals surface area contributed by atoms with Crippen molar-refractivity contribution in [2.75, 3.05) is 5.32 Å². The van der Waals surface area contributed by atoms with E-state index in [2.05, 4.69) is 26.3 Å². The van der Waals surface area contributed by atoms with Gasteiger partial charge in [-0.25, -0.2) is 0 Å². The smallest absolute Gasteiger partial charge is 0.259 e. The summed E-state index contributed by atoms with van der Waals surface area (Å²) in [6.07, 6.45) is 0. The third-order valence-electron chi connectivity index (χ3n) is 3.43. The first-order valence-corrected chi connectivity index (χ1v) is 7.19. The van der Waals surface area contributed by atoms with E-state index in [0.29, 0.717) is 5.56 Å². The fourth-order valence-electron chi connectivity index (χ4n) is 2.31. The molecule has 0 spiro atoms. The Hall–Kier alpha value is -1.62. The van der Waals surface area contributed by atoms with Crippen molar-refractivity contribution in [3.8, 4) is 0 Å². The summed E-state index contributed by atoms with van der Waals surface area (Å²) in [6.45, 7) is 7.76. The molecule has 0 unspecified atom stereocenters. The van der Waals surface area contributed by atoms with Gasteiger partial charge in [-0.1, -0.05) is 15.9 Å². The maximum absolute atomic E-state index is 12.4. The second-order valence-electron chi connectivity index (χ2n) is 5.05. The number of rotatable bonds is 2. The average molecular weight is 336 g/mol. The van der Waals surface area contributed by atoms with Gasteiger partial charge in [0.15, 0.2) is 0 Å². The van der Waals surface area contributed by atoms with Crippen LogP contribution in [0, 0.1) is 27.7 Å². The van der Waals surface area contributed by atoms with E-state index in [1.165, 1.54) is 0 Å². The summed E-state index contributed by atoms with van der Waals surface area (Å²) in [4.78, 5) is 12.4. The topological polar surface area (TPSA) is 46.9 Å². The normalized spacial score (nSPS) is 10.7. The number of aryl methyl sites for hydroxylation is 4. The van der Waals surface area contributed by atoms with Crippen molar-refractivity contribution in [2.24, 2.45) is 7.05 Å². The van der Waals surface area contributed by atoms with Crippen molar-refractivity contribution in [1.29, 1.82) is 0 Å². The van der Waals surface area contributed by atoms with Crippen molar-refractivity contribution in [3.63, 3.8) is 0 Å². The monoisotopic (exact) mass is 335 g/mol. The summed E-state index contributed by atoms with van der Waals surface area (Å²) < 4.78 is 2.80. The first kappa shape index (κ1) is 14.8. The highest BCUT2D eigenvalue weighted by atomic mass is 79.9. The van der Waals surface area contributed by atoms with Gasteiger partial charge in [-0.2, -0.15) is 5.10 Å². The molecule has 2 rings (SSSR count). The number of amides is 1. The molecule has 20 heavy (non-hydrogen) atoms. The zero-order valence-corrected chi connectivity index (χ0v) is 13.9. The first-order chi connectivity index (χ1) is 9.31. The summed E-state index contributed by atoms with van der Waals surface area (Å²) >= 11 is 3.52. The van der Waals surface area contributed by atoms with Gasteiger partial charge in [-0.15, -0.1) is 0 Å². The minimum absolute atomic E-state index is 0.116. The van der Waals surface area contributed by atoms with Crippen LogP contribution in [0.15, 0.2) is 16.6 Å². The summed E-state index contributed by atoms with van der Waals surface area (Å²) in [5.74, 6) is -0.116. The van der Waals surface area contributed by atoms with Gasteiger partial charge in [0.05, 0.1) is 11.3 Å². The number of halogens is 1. The molecule has 0 saturated carbocycles. The number of hydrogen-bond donors (Lipinski definition) is 1. The molecule has 0 aliphatic carbocycles. The van der Waals surface area contributed by atoms with Crippen LogP contribution in [-0.4, -0.2) is 15.7 Å². The van der Waals surface area contributed by atoms with E-state index in [1.54, 1.807) is 4.68 Å². The maximum Gasteiger partial charge on any atom is 0.259 e. The minimum atomic E-state index is -0.116. The van der Waals surface area contributed by atoms with Crippen LogP contribution in [0.5, 0.6) is 0 Å². The summed E-state index contributed by atoms with van der Waals surface area (Å²) in [7, 11) is 1.84. The van der Waals surface area contributed by atoms with Gasteiger partial charge in [0, 0.05) is 22.9 Å². The SMILES string of the molecule is Cc1cc(NC(=O)c2c(C)nn(C)c2C)cc(C)c1Br. The molecule has 1 amide bonds. The Kier molecular flexibility index (Phi) is 3.99. The molecule has 4 nitrogen and oxygen atoms in total. The Balaban J connectivity index is 2.33. The Labute approximate surface area is 127 Å². The van der Waals surface area contributed by atoms with Crippen molar-refractivity contribution < 1.29 is 4.79 Å². The molecule has 1 aromatic heterocycles. The Morgan fingerprint density at radius 2 is 1.75 bits per heavy atom. The van der Waals surface area contributed by atoms with Crippen LogP contribution in [-0.2, 0) is 7.05 Å². The molecule has 0 bridgehead atoms. The predicted molar refractivity (Wildman–Crippen MR) is 84.3 cm³/mol. The van der Waals surface area contributed by atoms with E-state index in [4.69, 9.17) is 0 Å². The molecular formula is C15H18BrN3O. The van der Waals surface area contributed by atoms with Gasteiger partial charge in [0.25, 0.3) is 5.91 Å². The van der Waals surface area contributed by atoms with Crippen molar-refractivity contribution in [2.45, 2.75) is 27.7 Å². The number of hydrogen-bond acceptors (Lipinski definition) is 2. The molecule has 5 heteroatoms. The lowest BCUT2D eigenvalue weighted by Crippen LogP contribution is -2.14. The number of benzene rings is 1. The third-order valence-corrected chi connectivity index (χ3v) is 4.68. The maximum atomic E-state index is 12.4. The van der Waals surface area contributed by atoms with Crippen LogP contribution in [0.4, 0.5) is 5.69 Å². The van der Waals surface area contributed by atoms with Crippen LogP contribution >= 0.6 is 15.9 Å². The van der Waals surface area contributed by atoms with Crippen LogP contribution in [0.3, 0.4) is 0 Å². The fraction of sp³-hybridized carbons (Fsp3) is 0.333. The highest BCUT2D eigenvalue weighted by Gasteiger charge is 2.17. The molecule has 0 atom stereocenters. The van der Waals surface area contributed by atoms with Crippen LogP contribution in [0.1, 0.15) is 32.9 Å². The lowest BCUT2D eigenvalue weighted by molar-refractivity contribution is 0.102. The zero-order valence-electron chi connectivity index (χ0n) is 12.3. The van der Waals surface area contributed by atoms with E-state index < -0.39 is 0 Å². The highest BCUT2D eigenvalue weighted by molar-refractivity contribution is 9.10. The van der Waals surface area contributed by atoms with Gasteiger partial charge < -0.3 is 5.32 Å². The largest absolute Gasteiger partial charge is 0.322 e. The Morgan fingerprint density at radius 1 is 1.20 bits per heavy atom. The molecular weight excluding hydrogens is 318 g/mol. The van der Waals surface area contributed by atoms with Crippen LogP contribution < -0.4 is 5.32 Å². The molecule has 1 N–H and O–H groups in total. The zero-order chi connectivity index (χ0) is 15.0. The van der Waals surface area contributed by atoms with Crippen LogP contribution in [0.2, 0.25) is 0 Å². The quantitative estimate of drug-likeness (QED) is 0.910. The lowest BCUT2D eigenvalue weighted by atomic mass is 10.1. The number of carbonyl (C=O) groups is 1. The van der Waals surface area contributed by atoms with Gasteiger partial charge in [-0.3, -0.25) is 9.48 Å². The van der Waals surface area contributed by atoms with E-state index in [-0.39, 0.29) is 5.91 Å². The van der Waals surface area contributed by atoms with Crippen molar-refractivity contribution >= 4 is 27.5 Å². The number of anilines is 1. The molecule has 0 aliphatic rings. The molecule has 0 aliphatic heterocycles.